The third kappa shape index (κ3) is 2.34. The van der Waals surface area contributed by atoms with E-state index < -0.39 is 5.91 Å². The van der Waals surface area contributed by atoms with E-state index in [2.05, 4.69) is 9.97 Å². The lowest BCUT2D eigenvalue weighted by Crippen LogP contribution is -2.15. The van der Waals surface area contributed by atoms with Crippen LogP contribution in [0.25, 0.3) is 22.2 Å². The SMILES string of the molecule is Cc1cnc2cc(C(N)=O)c(N)c(-c3cccc(O)c3C)c2n1. The van der Waals surface area contributed by atoms with Gasteiger partial charge in [-0.1, -0.05) is 12.1 Å². The zero-order chi connectivity index (χ0) is 16.7. The predicted octanol–water partition coefficient (Wildman–Crippen LogP) is 2.30. The highest BCUT2D eigenvalue weighted by atomic mass is 16.3. The first kappa shape index (κ1) is 14.8. The number of carbonyl (C=O) groups is 1. The van der Waals surface area contributed by atoms with E-state index in [1.807, 2.05) is 13.0 Å². The third-order valence-electron chi connectivity index (χ3n) is 3.84. The summed E-state index contributed by atoms with van der Waals surface area (Å²) < 4.78 is 0. The van der Waals surface area contributed by atoms with Crippen molar-refractivity contribution in [2.24, 2.45) is 5.73 Å². The Labute approximate surface area is 132 Å². The second kappa shape index (κ2) is 5.24. The summed E-state index contributed by atoms with van der Waals surface area (Å²) >= 11 is 0. The average molecular weight is 308 g/mol. The van der Waals surface area contributed by atoms with Gasteiger partial charge in [0, 0.05) is 11.8 Å². The average Bonchev–Trinajstić information content (AvgIpc) is 2.50. The van der Waals surface area contributed by atoms with Crippen LogP contribution in [0.4, 0.5) is 5.69 Å². The molecule has 0 atom stereocenters. The molecule has 0 aliphatic heterocycles. The number of nitrogens with two attached hydrogens (primary N) is 2. The summed E-state index contributed by atoms with van der Waals surface area (Å²) in [6.07, 6.45) is 1.61. The highest BCUT2D eigenvalue weighted by molar-refractivity contribution is 6.10. The van der Waals surface area contributed by atoms with Crippen LogP contribution in [0.2, 0.25) is 0 Å². The Kier molecular flexibility index (Phi) is 3.37. The van der Waals surface area contributed by atoms with E-state index in [9.17, 15) is 9.90 Å². The van der Waals surface area contributed by atoms with Crippen molar-refractivity contribution in [3.8, 4) is 16.9 Å². The minimum atomic E-state index is -0.633. The number of fused-ring (bicyclic) bond motifs is 1. The van der Waals surface area contributed by atoms with Crippen molar-refractivity contribution in [1.82, 2.24) is 9.97 Å². The molecule has 1 heterocycles. The molecule has 0 saturated heterocycles. The third-order valence-corrected chi connectivity index (χ3v) is 3.84. The van der Waals surface area contributed by atoms with Gasteiger partial charge in [0.15, 0.2) is 0 Å². The summed E-state index contributed by atoms with van der Waals surface area (Å²) in [4.78, 5) is 20.5. The van der Waals surface area contributed by atoms with Gasteiger partial charge in [0.1, 0.15) is 5.75 Å². The zero-order valence-corrected chi connectivity index (χ0v) is 12.8. The number of phenols is 1. The number of aromatic hydroxyl groups is 1. The molecule has 0 unspecified atom stereocenters. The first-order chi connectivity index (χ1) is 10.9. The quantitative estimate of drug-likeness (QED) is 0.628. The van der Waals surface area contributed by atoms with E-state index in [1.54, 1.807) is 31.3 Å². The first-order valence-corrected chi connectivity index (χ1v) is 7.04. The number of aryl methyl sites for hydroxylation is 1. The van der Waals surface area contributed by atoms with Gasteiger partial charge in [-0.05, 0) is 37.1 Å². The van der Waals surface area contributed by atoms with Gasteiger partial charge in [-0.2, -0.15) is 0 Å². The lowest BCUT2D eigenvalue weighted by molar-refractivity contribution is 0.100. The standard InChI is InChI=1S/C17H16N4O2/c1-8-7-20-12-6-11(17(19)23)15(18)14(16(12)21-8)10-4-3-5-13(22)9(10)2/h3-7,22H,18H2,1-2H3,(H2,19,23). The highest BCUT2D eigenvalue weighted by Crippen LogP contribution is 2.38. The first-order valence-electron chi connectivity index (χ1n) is 7.04. The smallest absolute Gasteiger partial charge is 0.250 e. The molecular formula is C17H16N4O2. The Morgan fingerprint density at radius 3 is 2.70 bits per heavy atom. The molecule has 0 aliphatic rings. The van der Waals surface area contributed by atoms with E-state index >= 15 is 0 Å². The number of nitrogens with zero attached hydrogens (tertiary/aromatic N) is 2. The number of amides is 1. The number of nitrogen functional groups attached to an aromatic ring is 1. The number of benzene rings is 2. The van der Waals surface area contributed by atoms with Gasteiger partial charge < -0.3 is 16.6 Å². The fourth-order valence-electron chi connectivity index (χ4n) is 2.62. The second-order valence-electron chi connectivity index (χ2n) is 5.41. The van der Waals surface area contributed by atoms with E-state index in [1.165, 1.54) is 0 Å². The van der Waals surface area contributed by atoms with Crippen LogP contribution < -0.4 is 11.5 Å². The molecule has 0 radical (unpaired) electrons. The minimum Gasteiger partial charge on any atom is -0.508 e. The fourth-order valence-corrected chi connectivity index (χ4v) is 2.62. The molecular weight excluding hydrogens is 292 g/mol. The monoisotopic (exact) mass is 308 g/mol. The topological polar surface area (TPSA) is 115 Å². The molecule has 0 spiro atoms. The number of primary amides is 1. The van der Waals surface area contributed by atoms with Gasteiger partial charge in [-0.15, -0.1) is 0 Å². The van der Waals surface area contributed by atoms with E-state index in [0.717, 1.165) is 5.69 Å². The van der Waals surface area contributed by atoms with E-state index in [-0.39, 0.29) is 17.0 Å². The van der Waals surface area contributed by atoms with Crippen molar-refractivity contribution in [1.29, 1.82) is 0 Å². The number of anilines is 1. The molecule has 23 heavy (non-hydrogen) atoms. The van der Waals surface area contributed by atoms with Gasteiger partial charge in [0.05, 0.1) is 28.0 Å². The Morgan fingerprint density at radius 2 is 2.00 bits per heavy atom. The molecule has 1 aromatic heterocycles. The lowest BCUT2D eigenvalue weighted by atomic mass is 9.94. The Hall–Kier alpha value is -3.15. The molecule has 0 fully saturated rings. The minimum absolute atomic E-state index is 0.139. The molecule has 6 heteroatoms. The van der Waals surface area contributed by atoms with Gasteiger partial charge >= 0.3 is 0 Å². The summed E-state index contributed by atoms with van der Waals surface area (Å²) in [5.74, 6) is -0.494. The summed E-state index contributed by atoms with van der Waals surface area (Å²) in [5, 5.41) is 9.99. The summed E-state index contributed by atoms with van der Waals surface area (Å²) in [7, 11) is 0. The Morgan fingerprint density at radius 1 is 1.26 bits per heavy atom. The van der Waals surface area contributed by atoms with Gasteiger partial charge in [-0.25, -0.2) is 4.98 Å². The summed E-state index contributed by atoms with van der Waals surface area (Å²) in [5.41, 5.74) is 15.8. The van der Waals surface area contributed by atoms with Crippen LogP contribution in [-0.4, -0.2) is 21.0 Å². The van der Waals surface area contributed by atoms with Crippen LogP contribution in [0.1, 0.15) is 21.6 Å². The normalized spacial score (nSPS) is 10.9. The van der Waals surface area contributed by atoms with Crippen molar-refractivity contribution < 1.29 is 9.90 Å². The Bertz CT molecular complexity index is 951. The van der Waals surface area contributed by atoms with Crippen LogP contribution in [0.3, 0.4) is 0 Å². The van der Waals surface area contributed by atoms with Crippen molar-refractivity contribution in [3.05, 3.63) is 47.3 Å². The second-order valence-corrected chi connectivity index (χ2v) is 5.41. The van der Waals surface area contributed by atoms with E-state index in [0.29, 0.717) is 27.7 Å². The molecule has 0 bridgehead atoms. The summed E-state index contributed by atoms with van der Waals surface area (Å²) in [6, 6.07) is 6.66. The maximum atomic E-state index is 11.7. The van der Waals surface area contributed by atoms with Crippen molar-refractivity contribution >= 4 is 22.6 Å². The number of rotatable bonds is 2. The number of hydrogen-bond acceptors (Lipinski definition) is 5. The molecule has 6 nitrogen and oxygen atoms in total. The van der Waals surface area contributed by atoms with Crippen LogP contribution >= 0.6 is 0 Å². The molecule has 0 saturated carbocycles. The highest BCUT2D eigenvalue weighted by Gasteiger charge is 2.19. The molecule has 116 valence electrons. The maximum Gasteiger partial charge on any atom is 0.250 e. The number of carbonyl (C=O) groups excluding carboxylic acids is 1. The Balaban J connectivity index is 2.51. The maximum absolute atomic E-state index is 11.7. The molecule has 3 rings (SSSR count). The number of aromatic nitrogens is 2. The van der Waals surface area contributed by atoms with Crippen LogP contribution in [0.5, 0.6) is 5.75 Å². The zero-order valence-electron chi connectivity index (χ0n) is 12.8. The van der Waals surface area contributed by atoms with Crippen LogP contribution in [-0.2, 0) is 0 Å². The van der Waals surface area contributed by atoms with Gasteiger partial charge in [0.2, 0.25) is 0 Å². The number of phenolic OH excluding ortho intramolecular Hbond substituents is 1. The largest absolute Gasteiger partial charge is 0.508 e. The van der Waals surface area contributed by atoms with Crippen molar-refractivity contribution in [2.45, 2.75) is 13.8 Å². The van der Waals surface area contributed by atoms with Crippen molar-refractivity contribution in [3.63, 3.8) is 0 Å². The summed E-state index contributed by atoms with van der Waals surface area (Å²) in [6.45, 7) is 3.60. The molecule has 3 aromatic rings. The molecule has 2 aromatic carbocycles. The van der Waals surface area contributed by atoms with Crippen molar-refractivity contribution in [2.75, 3.05) is 5.73 Å². The number of hydrogen-bond donors (Lipinski definition) is 3. The van der Waals surface area contributed by atoms with E-state index in [4.69, 9.17) is 11.5 Å². The predicted molar refractivity (Wildman–Crippen MR) is 89.0 cm³/mol. The van der Waals surface area contributed by atoms with Crippen LogP contribution in [0, 0.1) is 13.8 Å². The lowest BCUT2D eigenvalue weighted by Gasteiger charge is -2.15. The molecule has 5 N–H and O–H groups in total. The van der Waals surface area contributed by atoms with Crippen LogP contribution in [0.15, 0.2) is 30.5 Å². The van der Waals surface area contributed by atoms with Gasteiger partial charge in [0.25, 0.3) is 5.91 Å². The molecule has 0 aliphatic carbocycles. The molecule has 1 amide bonds. The van der Waals surface area contributed by atoms with Gasteiger partial charge in [-0.3, -0.25) is 9.78 Å². The fraction of sp³-hybridized carbons (Fsp3) is 0.118.